The molecule has 138 valence electrons. The molecular weight excluding hydrogens is 341 g/mol. The summed E-state index contributed by atoms with van der Waals surface area (Å²) in [4.78, 5) is 12.6. The van der Waals surface area contributed by atoms with E-state index in [9.17, 15) is 9.18 Å². The lowest BCUT2D eigenvalue weighted by Gasteiger charge is -2.24. The van der Waals surface area contributed by atoms with E-state index < -0.39 is 0 Å². The van der Waals surface area contributed by atoms with E-state index in [4.69, 9.17) is 0 Å². The zero-order chi connectivity index (χ0) is 18.8. The normalized spacial score (nSPS) is 16.0. The van der Waals surface area contributed by atoms with Crippen LogP contribution in [-0.4, -0.2) is 15.7 Å². The Hall–Kier alpha value is -2.95. The second-order valence-electron chi connectivity index (χ2n) is 7.07. The Bertz CT molecular complexity index is 965. The predicted octanol–water partition coefficient (Wildman–Crippen LogP) is 4.19. The fourth-order valence-corrected chi connectivity index (χ4v) is 3.64. The number of carbonyl (C=O) groups excluding carboxylic acids is 1. The van der Waals surface area contributed by atoms with Crippen molar-refractivity contribution >= 4 is 5.91 Å². The van der Waals surface area contributed by atoms with Crippen LogP contribution in [-0.2, 0) is 13.0 Å². The Morgan fingerprint density at radius 2 is 2.07 bits per heavy atom. The van der Waals surface area contributed by atoms with E-state index in [1.54, 1.807) is 19.1 Å². The van der Waals surface area contributed by atoms with Gasteiger partial charge < -0.3 is 5.32 Å². The van der Waals surface area contributed by atoms with E-state index in [0.29, 0.717) is 11.1 Å². The standard InChI is InChI=1S/C22H22FN3O/c1-15-10-11-17(12-19(15)23)22(27)25-20-8-5-9-21-18(20)13-24-26(21)14-16-6-3-2-4-7-16/h2-4,6-7,10-13,20H,5,8-9,14H2,1H3,(H,25,27)/t20-/m0/s1. The number of halogens is 1. The lowest BCUT2D eigenvalue weighted by atomic mass is 9.92. The van der Waals surface area contributed by atoms with Crippen LogP contribution >= 0.6 is 0 Å². The summed E-state index contributed by atoms with van der Waals surface area (Å²) in [6, 6.07) is 14.7. The van der Waals surface area contributed by atoms with Crippen LogP contribution in [0, 0.1) is 12.7 Å². The molecule has 0 saturated heterocycles. The van der Waals surface area contributed by atoms with Crippen molar-refractivity contribution in [2.24, 2.45) is 0 Å². The topological polar surface area (TPSA) is 46.9 Å². The fourth-order valence-electron chi connectivity index (χ4n) is 3.64. The summed E-state index contributed by atoms with van der Waals surface area (Å²) in [6.45, 7) is 2.41. The van der Waals surface area contributed by atoms with Crippen LogP contribution < -0.4 is 5.32 Å². The zero-order valence-corrected chi connectivity index (χ0v) is 15.3. The van der Waals surface area contributed by atoms with Crippen molar-refractivity contribution in [2.75, 3.05) is 0 Å². The van der Waals surface area contributed by atoms with Gasteiger partial charge in [-0.2, -0.15) is 5.10 Å². The van der Waals surface area contributed by atoms with Crippen molar-refractivity contribution in [1.29, 1.82) is 0 Å². The van der Waals surface area contributed by atoms with Crippen LogP contribution in [0.4, 0.5) is 4.39 Å². The lowest BCUT2D eigenvalue weighted by molar-refractivity contribution is 0.0932. The third-order valence-electron chi connectivity index (χ3n) is 5.18. The van der Waals surface area contributed by atoms with Gasteiger partial charge in [0.1, 0.15) is 5.82 Å². The lowest BCUT2D eigenvalue weighted by Crippen LogP contribution is -2.31. The van der Waals surface area contributed by atoms with Crippen molar-refractivity contribution in [3.8, 4) is 0 Å². The maximum atomic E-state index is 13.8. The third kappa shape index (κ3) is 3.63. The molecule has 1 heterocycles. The molecule has 4 rings (SSSR count). The molecule has 0 fully saturated rings. The van der Waals surface area contributed by atoms with Crippen LogP contribution in [0.15, 0.2) is 54.7 Å². The quantitative estimate of drug-likeness (QED) is 0.756. The van der Waals surface area contributed by atoms with Gasteiger partial charge in [0.05, 0.1) is 18.8 Å². The van der Waals surface area contributed by atoms with Gasteiger partial charge in [-0.3, -0.25) is 9.48 Å². The molecule has 1 aromatic heterocycles. The summed E-state index contributed by atoms with van der Waals surface area (Å²) >= 11 is 0. The molecule has 5 heteroatoms. The highest BCUT2D eigenvalue weighted by molar-refractivity contribution is 5.94. The first-order chi connectivity index (χ1) is 13.1. The Kier molecular flexibility index (Phi) is 4.75. The summed E-state index contributed by atoms with van der Waals surface area (Å²) in [5, 5.41) is 7.61. The minimum absolute atomic E-state index is 0.0878. The molecule has 4 nitrogen and oxygen atoms in total. The van der Waals surface area contributed by atoms with Gasteiger partial charge in [-0.1, -0.05) is 36.4 Å². The number of hydrogen-bond donors (Lipinski definition) is 1. The summed E-state index contributed by atoms with van der Waals surface area (Å²) in [5.41, 5.74) is 4.32. The predicted molar refractivity (Wildman–Crippen MR) is 102 cm³/mol. The smallest absolute Gasteiger partial charge is 0.251 e. The molecule has 2 aromatic carbocycles. The van der Waals surface area contributed by atoms with Crippen molar-refractivity contribution in [1.82, 2.24) is 15.1 Å². The third-order valence-corrected chi connectivity index (χ3v) is 5.18. The second-order valence-corrected chi connectivity index (χ2v) is 7.07. The van der Waals surface area contributed by atoms with Gasteiger partial charge in [0.25, 0.3) is 5.91 Å². The molecule has 0 spiro atoms. The maximum Gasteiger partial charge on any atom is 0.251 e. The van der Waals surface area contributed by atoms with E-state index in [1.807, 2.05) is 29.1 Å². The summed E-state index contributed by atoms with van der Waals surface area (Å²) < 4.78 is 15.8. The molecule has 0 unspecified atom stereocenters. The van der Waals surface area contributed by atoms with Gasteiger partial charge in [0.15, 0.2) is 0 Å². The van der Waals surface area contributed by atoms with Crippen molar-refractivity contribution in [2.45, 2.75) is 38.8 Å². The molecule has 0 radical (unpaired) electrons. The number of amides is 1. The average molecular weight is 363 g/mol. The molecule has 1 atom stereocenters. The summed E-state index contributed by atoms with van der Waals surface area (Å²) in [6.07, 6.45) is 4.66. The van der Waals surface area contributed by atoms with Gasteiger partial charge in [-0.25, -0.2) is 4.39 Å². The Labute approximate surface area is 158 Å². The van der Waals surface area contributed by atoms with E-state index in [1.165, 1.54) is 17.3 Å². The number of fused-ring (bicyclic) bond motifs is 1. The number of nitrogens with zero attached hydrogens (tertiary/aromatic N) is 2. The molecule has 0 aliphatic heterocycles. The van der Waals surface area contributed by atoms with E-state index >= 15 is 0 Å². The first-order valence-electron chi connectivity index (χ1n) is 9.27. The number of benzene rings is 2. The van der Waals surface area contributed by atoms with E-state index in [0.717, 1.165) is 31.4 Å². The zero-order valence-electron chi connectivity index (χ0n) is 15.3. The largest absolute Gasteiger partial charge is 0.345 e. The number of carbonyl (C=O) groups is 1. The molecule has 1 amide bonds. The number of rotatable bonds is 4. The number of aromatic nitrogens is 2. The van der Waals surface area contributed by atoms with Gasteiger partial charge in [-0.05, 0) is 49.4 Å². The molecule has 1 N–H and O–H groups in total. The first-order valence-corrected chi connectivity index (χ1v) is 9.27. The minimum atomic E-state index is -0.359. The van der Waals surface area contributed by atoms with Gasteiger partial charge in [0.2, 0.25) is 0 Å². The molecule has 27 heavy (non-hydrogen) atoms. The number of hydrogen-bond acceptors (Lipinski definition) is 2. The Morgan fingerprint density at radius 1 is 1.26 bits per heavy atom. The highest BCUT2D eigenvalue weighted by atomic mass is 19.1. The fraction of sp³-hybridized carbons (Fsp3) is 0.273. The average Bonchev–Trinajstić information content (AvgIpc) is 3.09. The monoisotopic (exact) mass is 363 g/mol. The van der Waals surface area contributed by atoms with E-state index in [-0.39, 0.29) is 17.8 Å². The van der Waals surface area contributed by atoms with Crippen LogP contribution in [0.25, 0.3) is 0 Å². The molecule has 1 aliphatic rings. The van der Waals surface area contributed by atoms with Crippen molar-refractivity contribution < 1.29 is 9.18 Å². The highest BCUT2D eigenvalue weighted by Gasteiger charge is 2.26. The Morgan fingerprint density at radius 3 is 2.85 bits per heavy atom. The molecular formula is C22H22FN3O. The van der Waals surface area contributed by atoms with Crippen LogP contribution in [0.2, 0.25) is 0 Å². The van der Waals surface area contributed by atoms with Crippen molar-refractivity contribution in [3.05, 3.63) is 88.5 Å². The summed E-state index contributed by atoms with van der Waals surface area (Å²) in [5.74, 6) is -0.606. The van der Waals surface area contributed by atoms with Crippen LogP contribution in [0.1, 0.15) is 51.6 Å². The number of aryl methyl sites for hydroxylation is 1. The summed E-state index contributed by atoms with van der Waals surface area (Å²) in [7, 11) is 0. The Balaban J connectivity index is 1.53. The molecule has 0 saturated carbocycles. The van der Waals surface area contributed by atoms with Crippen molar-refractivity contribution in [3.63, 3.8) is 0 Å². The number of nitrogens with one attached hydrogen (secondary N) is 1. The minimum Gasteiger partial charge on any atom is -0.345 e. The van der Waals surface area contributed by atoms with Gasteiger partial charge in [-0.15, -0.1) is 0 Å². The first kappa shape index (κ1) is 17.5. The van der Waals surface area contributed by atoms with Crippen LogP contribution in [0.5, 0.6) is 0 Å². The second kappa shape index (κ2) is 7.35. The molecule has 0 bridgehead atoms. The maximum absolute atomic E-state index is 13.8. The highest BCUT2D eigenvalue weighted by Crippen LogP contribution is 2.30. The molecule has 1 aliphatic carbocycles. The van der Waals surface area contributed by atoms with Crippen LogP contribution in [0.3, 0.4) is 0 Å². The SMILES string of the molecule is Cc1ccc(C(=O)N[C@H]2CCCc3c2cnn3Cc2ccccc2)cc1F. The van der Waals surface area contributed by atoms with Gasteiger partial charge in [0, 0.05) is 16.8 Å². The van der Waals surface area contributed by atoms with E-state index in [2.05, 4.69) is 22.5 Å². The molecule has 3 aromatic rings. The van der Waals surface area contributed by atoms with Gasteiger partial charge >= 0.3 is 0 Å².